The van der Waals surface area contributed by atoms with Gasteiger partial charge >= 0.3 is 0 Å². The molecule has 0 spiro atoms. The Labute approximate surface area is 103 Å². The first-order valence-electron chi connectivity index (χ1n) is 6.17. The van der Waals surface area contributed by atoms with E-state index in [0.29, 0.717) is 12.2 Å². The fourth-order valence-corrected chi connectivity index (χ4v) is 1.25. The van der Waals surface area contributed by atoms with E-state index >= 15 is 0 Å². The second kappa shape index (κ2) is 9.82. The SMILES string of the molecule is CCCC(C)=O.CCCCC(=O)c1ccco1. The summed E-state index contributed by atoms with van der Waals surface area (Å²) >= 11 is 0. The van der Waals surface area contributed by atoms with Gasteiger partial charge in [0, 0.05) is 12.8 Å². The van der Waals surface area contributed by atoms with Crippen molar-refractivity contribution in [1.82, 2.24) is 0 Å². The number of furan rings is 1. The minimum Gasteiger partial charge on any atom is -0.461 e. The van der Waals surface area contributed by atoms with E-state index in [1.165, 1.54) is 6.26 Å². The summed E-state index contributed by atoms with van der Waals surface area (Å²) in [5, 5.41) is 0. The zero-order valence-corrected chi connectivity index (χ0v) is 11.0. The number of carbonyl (C=O) groups is 2. The second-order valence-electron chi connectivity index (χ2n) is 3.96. The summed E-state index contributed by atoms with van der Waals surface area (Å²) < 4.78 is 4.94. The summed E-state index contributed by atoms with van der Waals surface area (Å²) in [6, 6.07) is 3.44. The molecule has 0 unspecified atom stereocenters. The van der Waals surface area contributed by atoms with Crippen LogP contribution >= 0.6 is 0 Å². The van der Waals surface area contributed by atoms with Gasteiger partial charge in [0.15, 0.2) is 11.5 Å². The first-order chi connectivity index (χ1) is 8.11. The molecule has 0 atom stereocenters. The fraction of sp³-hybridized carbons (Fsp3) is 0.571. The fourth-order valence-electron chi connectivity index (χ4n) is 1.25. The van der Waals surface area contributed by atoms with Crippen LogP contribution in [-0.2, 0) is 4.79 Å². The van der Waals surface area contributed by atoms with Crippen LogP contribution in [0.3, 0.4) is 0 Å². The van der Waals surface area contributed by atoms with Crippen LogP contribution < -0.4 is 0 Å². The van der Waals surface area contributed by atoms with Gasteiger partial charge in [-0.05, 0) is 31.9 Å². The zero-order chi connectivity index (χ0) is 13.1. The van der Waals surface area contributed by atoms with Gasteiger partial charge < -0.3 is 9.21 Å². The molecule has 1 heterocycles. The number of hydrogen-bond donors (Lipinski definition) is 0. The maximum Gasteiger partial charge on any atom is 0.197 e. The molecule has 0 aliphatic heterocycles. The lowest BCUT2D eigenvalue weighted by atomic mass is 10.1. The third kappa shape index (κ3) is 8.43. The Morgan fingerprint density at radius 3 is 2.24 bits per heavy atom. The van der Waals surface area contributed by atoms with Gasteiger partial charge in [0.2, 0.25) is 0 Å². The van der Waals surface area contributed by atoms with Crippen molar-refractivity contribution in [1.29, 1.82) is 0 Å². The molecule has 0 aliphatic rings. The second-order valence-corrected chi connectivity index (χ2v) is 3.96. The number of hydrogen-bond acceptors (Lipinski definition) is 3. The Morgan fingerprint density at radius 2 is 1.88 bits per heavy atom. The zero-order valence-electron chi connectivity index (χ0n) is 11.0. The predicted molar refractivity (Wildman–Crippen MR) is 68.2 cm³/mol. The topological polar surface area (TPSA) is 47.3 Å². The molecule has 0 radical (unpaired) electrons. The monoisotopic (exact) mass is 238 g/mol. The van der Waals surface area contributed by atoms with Gasteiger partial charge in [-0.3, -0.25) is 4.79 Å². The van der Waals surface area contributed by atoms with Crippen LogP contribution in [0.2, 0.25) is 0 Å². The molecule has 0 N–H and O–H groups in total. The molecule has 0 saturated carbocycles. The summed E-state index contributed by atoms with van der Waals surface area (Å²) in [5.41, 5.74) is 0. The van der Waals surface area contributed by atoms with Crippen molar-refractivity contribution in [2.75, 3.05) is 0 Å². The smallest absolute Gasteiger partial charge is 0.197 e. The standard InChI is InChI=1S/C9H12O2.C5H10O/c1-2-3-5-8(10)9-6-4-7-11-9;1-3-4-5(2)6/h4,6-7H,2-3,5H2,1H3;3-4H2,1-2H3. The van der Waals surface area contributed by atoms with Gasteiger partial charge in [0.05, 0.1) is 6.26 Å². The molecule has 0 amide bonds. The molecular formula is C14H22O3. The van der Waals surface area contributed by atoms with E-state index in [-0.39, 0.29) is 11.6 Å². The Hall–Kier alpha value is -1.38. The van der Waals surface area contributed by atoms with Crippen molar-refractivity contribution in [2.24, 2.45) is 0 Å². The highest BCUT2D eigenvalue weighted by Crippen LogP contribution is 2.06. The van der Waals surface area contributed by atoms with Crippen molar-refractivity contribution in [3.63, 3.8) is 0 Å². The Kier molecular flexibility index (Phi) is 9.02. The molecule has 3 heteroatoms. The van der Waals surface area contributed by atoms with E-state index < -0.39 is 0 Å². The van der Waals surface area contributed by atoms with E-state index in [1.54, 1.807) is 19.1 Å². The van der Waals surface area contributed by atoms with E-state index in [2.05, 4.69) is 6.92 Å². The van der Waals surface area contributed by atoms with E-state index in [9.17, 15) is 9.59 Å². The van der Waals surface area contributed by atoms with Crippen LogP contribution in [0.15, 0.2) is 22.8 Å². The lowest BCUT2D eigenvalue weighted by Gasteiger charge is -1.93. The molecule has 0 fully saturated rings. The Morgan fingerprint density at radius 1 is 1.18 bits per heavy atom. The van der Waals surface area contributed by atoms with Gasteiger partial charge in [0.1, 0.15) is 5.78 Å². The number of rotatable bonds is 6. The molecule has 3 nitrogen and oxygen atoms in total. The average Bonchev–Trinajstić information content (AvgIpc) is 2.80. The van der Waals surface area contributed by atoms with Gasteiger partial charge in [0.25, 0.3) is 0 Å². The molecule has 1 rings (SSSR count). The van der Waals surface area contributed by atoms with E-state index in [1.807, 2.05) is 6.92 Å². The highest BCUT2D eigenvalue weighted by atomic mass is 16.3. The molecule has 96 valence electrons. The predicted octanol–water partition coefficient (Wildman–Crippen LogP) is 4.03. The van der Waals surface area contributed by atoms with Crippen molar-refractivity contribution in [2.45, 2.75) is 52.9 Å². The first kappa shape index (κ1) is 15.6. The van der Waals surface area contributed by atoms with Crippen LogP contribution in [0.1, 0.15) is 63.4 Å². The number of carbonyl (C=O) groups excluding carboxylic acids is 2. The van der Waals surface area contributed by atoms with Gasteiger partial charge in [-0.2, -0.15) is 0 Å². The number of Topliss-reactive ketones (excluding diaryl/α,β-unsaturated/α-hetero) is 2. The maximum atomic E-state index is 11.2. The van der Waals surface area contributed by atoms with Crippen LogP contribution in [0.25, 0.3) is 0 Å². The minimum absolute atomic E-state index is 0.108. The van der Waals surface area contributed by atoms with Crippen molar-refractivity contribution in [3.8, 4) is 0 Å². The van der Waals surface area contributed by atoms with Gasteiger partial charge in [-0.1, -0.05) is 20.3 Å². The van der Waals surface area contributed by atoms with Crippen LogP contribution in [0.4, 0.5) is 0 Å². The maximum absolute atomic E-state index is 11.2. The third-order valence-corrected chi connectivity index (χ3v) is 2.16. The molecule has 0 saturated heterocycles. The normalized spacial score (nSPS) is 9.35. The average molecular weight is 238 g/mol. The van der Waals surface area contributed by atoms with Gasteiger partial charge in [-0.25, -0.2) is 0 Å². The first-order valence-corrected chi connectivity index (χ1v) is 6.17. The third-order valence-electron chi connectivity index (χ3n) is 2.16. The summed E-state index contributed by atoms with van der Waals surface area (Å²) in [6.07, 6.45) is 5.84. The molecule has 0 aromatic carbocycles. The van der Waals surface area contributed by atoms with Crippen molar-refractivity contribution in [3.05, 3.63) is 24.2 Å². The lowest BCUT2D eigenvalue weighted by molar-refractivity contribution is -0.117. The molecule has 1 aromatic heterocycles. The quantitative estimate of drug-likeness (QED) is 0.703. The molecule has 0 aliphatic carbocycles. The Balaban J connectivity index is 0.000000366. The highest BCUT2D eigenvalue weighted by molar-refractivity contribution is 5.93. The highest BCUT2D eigenvalue weighted by Gasteiger charge is 2.06. The van der Waals surface area contributed by atoms with E-state index in [4.69, 9.17) is 4.42 Å². The molecule has 17 heavy (non-hydrogen) atoms. The summed E-state index contributed by atoms with van der Waals surface area (Å²) in [6.45, 7) is 5.68. The minimum atomic E-state index is 0.108. The van der Waals surface area contributed by atoms with Crippen LogP contribution in [-0.4, -0.2) is 11.6 Å². The number of unbranched alkanes of at least 4 members (excludes halogenated alkanes) is 1. The van der Waals surface area contributed by atoms with Gasteiger partial charge in [-0.15, -0.1) is 0 Å². The van der Waals surface area contributed by atoms with Crippen molar-refractivity contribution >= 4 is 11.6 Å². The van der Waals surface area contributed by atoms with Crippen LogP contribution in [0.5, 0.6) is 0 Å². The molecule has 0 bridgehead atoms. The summed E-state index contributed by atoms with van der Waals surface area (Å²) in [7, 11) is 0. The molecule has 1 aromatic rings. The molecular weight excluding hydrogens is 216 g/mol. The van der Waals surface area contributed by atoms with E-state index in [0.717, 1.165) is 25.7 Å². The number of ketones is 2. The van der Waals surface area contributed by atoms with Crippen LogP contribution in [0, 0.1) is 0 Å². The summed E-state index contributed by atoms with van der Waals surface area (Å²) in [5.74, 6) is 0.882. The lowest BCUT2D eigenvalue weighted by Crippen LogP contribution is -1.95. The largest absolute Gasteiger partial charge is 0.461 e. The summed E-state index contributed by atoms with van der Waals surface area (Å²) in [4.78, 5) is 21.2. The van der Waals surface area contributed by atoms with Crippen molar-refractivity contribution < 1.29 is 14.0 Å². The Bertz CT molecular complexity index is 312.